The maximum absolute atomic E-state index is 14.0. The van der Waals surface area contributed by atoms with Crippen molar-refractivity contribution < 1.29 is 101 Å². The summed E-state index contributed by atoms with van der Waals surface area (Å²) >= 11 is 0. The highest BCUT2D eigenvalue weighted by atomic mass is 32.2. The second-order valence-electron chi connectivity index (χ2n) is 8.68. The van der Waals surface area contributed by atoms with Gasteiger partial charge >= 0.3 is 59.5 Å². The van der Waals surface area contributed by atoms with Crippen molar-refractivity contribution in [3.8, 4) is 0 Å². The van der Waals surface area contributed by atoms with Crippen LogP contribution in [0.4, 0.5) is 92.2 Å². The highest BCUT2D eigenvalue weighted by Crippen LogP contribution is 2.66. The van der Waals surface area contributed by atoms with E-state index < -0.39 is 86.4 Å². The Morgan fingerprint density at radius 1 is 0.465 bits per heavy atom. The van der Waals surface area contributed by atoms with Crippen LogP contribution in [0.15, 0.2) is 29.2 Å². The van der Waals surface area contributed by atoms with Gasteiger partial charge in [0.1, 0.15) is 0 Å². The lowest BCUT2D eigenvalue weighted by Crippen LogP contribution is -2.76. The number of hydrogen-bond acceptors (Lipinski definition) is 2. The van der Waals surface area contributed by atoms with E-state index in [1.54, 1.807) is 0 Å². The Hall–Kier alpha value is -2.30. The third kappa shape index (κ3) is 5.46. The average molecular weight is 702 g/mol. The molecule has 0 saturated carbocycles. The maximum atomic E-state index is 14.0. The zero-order chi connectivity index (χ0) is 34.9. The molecule has 0 spiro atoms. The largest absolute Gasteiger partial charge is 0.460 e. The minimum absolute atomic E-state index is 0.292. The monoisotopic (exact) mass is 702 g/mol. The van der Waals surface area contributed by atoms with E-state index in [-0.39, 0.29) is 0 Å². The first kappa shape index (κ1) is 38.7. The lowest BCUT2D eigenvalue weighted by atomic mass is 9.86. The molecule has 43 heavy (non-hydrogen) atoms. The summed E-state index contributed by atoms with van der Waals surface area (Å²) in [5.74, 6) is -80.5. The van der Waals surface area contributed by atoms with Gasteiger partial charge in [-0.25, -0.2) is 8.42 Å². The van der Waals surface area contributed by atoms with Crippen molar-refractivity contribution in [2.45, 2.75) is 77.7 Å². The molecule has 0 heterocycles. The summed E-state index contributed by atoms with van der Waals surface area (Å²) in [6, 6.07) is 3.15. The molecule has 0 fully saturated rings. The van der Waals surface area contributed by atoms with Crippen LogP contribution in [0.5, 0.6) is 0 Å². The summed E-state index contributed by atoms with van der Waals surface area (Å²) in [6.07, 6.45) is -11.3. The maximum Gasteiger partial charge on any atom is 0.460 e. The third-order valence-electron chi connectivity index (χ3n) is 5.64. The predicted molar refractivity (Wildman–Crippen MR) is 98.4 cm³/mol. The molecule has 252 valence electrons. The van der Waals surface area contributed by atoms with Crippen LogP contribution in [0.25, 0.3) is 0 Å². The van der Waals surface area contributed by atoms with Crippen molar-refractivity contribution in [2.24, 2.45) is 0 Å². The lowest BCUT2D eigenvalue weighted by molar-refractivity contribution is -0.474. The zero-order valence-corrected chi connectivity index (χ0v) is 20.7. The van der Waals surface area contributed by atoms with Gasteiger partial charge in [-0.3, -0.25) is 0 Å². The SMILES string of the molecule is Cc1ccc(S(=O)(=O)CCC(F)(F)C(F)(F)C(F)(F)C(F)(F)C(F)(F)C(F)(F)C(F)(F)C(F)(F)C(F)(F)C(F)(F)F)cc1. The van der Waals surface area contributed by atoms with E-state index in [2.05, 4.69) is 0 Å². The van der Waals surface area contributed by atoms with Gasteiger partial charge in [-0.05, 0) is 19.1 Å². The zero-order valence-electron chi connectivity index (χ0n) is 19.9. The van der Waals surface area contributed by atoms with Crippen molar-refractivity contribution in [1.82, 2.24) is 0 Å². The molecule has 0 aliphatic heterocycles. The standard InChI is InChI=1S/C19H11F21O2S/c1-8-2-4-9(5-3-8)43(41,42)7-6-10(20,21)11(22,23)12(24,25)13(26,27)14(28,29)15(30,31)16(32,33)17(34,35)18(36,37)19(38,39)40/h2-5H,6-7H2,1H3. The van der Waals surface area contributed by atoms with Crippen molar-refractivity contribution in [3.05, 3.63) is 29.8 Å². The van der Waals surface area contributed by atoms with Gasteiger partial charge in [0.05, 0.1) is 10.6 Å². The van der Waals surface area contributed by atoms with Gasteiger partial charge in [0.25, 0.3) is 0 Å². The molecule has 0 N–H and O–H groups in total. The lowest BCUT2D eigenvalue weighted by Gasteiger charge is -2.44. The van der Waals surface area contributed by atoms with E-state index in [1.807, 2.05) is 0 Å². The second-order valence-corrected chi connectivity index (χ2v) is 10.8. The molecule has 1 rings (SSSR count). The van der Waals surface area contributed by atoms with E-state index >= 15 is 0 Å². The molecule has 0 aliphatic rings. The van der Waals surface area contributed by atoms with E-state index in [0.29, 0.717) is 17.7 Å². The van der Waals surface area contributed by atoms with E-state index in [1.165, 1.54) is 6.92 Å². The Morgan fingerprint density at radius 2 is 0.744 bits per heavy atom. The summed E-state index contributed by atoms with van der Waals surface area (Å²) in [4.78, 5) is -1.00. The molecular weight excluding hydrogens is 691 g/mol. The first-order chi connectivity index (χ1) is 18.5. The molecule has 1 aromatic carbocycles. The van der Waals surface area contributed by atoms with E-state index in [0.717, 1.165) is 12.1 Å². The Morgan fingerprint density at radius 3 is 1.05 bits per heavy atom. The Labute approximate surface area is 224 Å². The first-order valence-electron chi connectivity index (χ1n) is 10.2. The molecule has 24 heteroatoms. The minimum atomic E-state index is -9.26. The third-order valence-corrected chi connectivity index (χ3v) is 7.37. The summed E-state index contributed by atoms with van der Waals surface area (Å²) in [7, 11) is -5.22. The van der Waals surface area contributed by atoms with Crippen LogP contribution in [-0.4, -0.2) is 73.6 Å². The van der Waals surface area contributed by atoms with Crippen molar-refractivity contribution in [2.75, 3.05) is 5.75 Å². The summed E-state index contributed by atoms with van der Waals surface area (Å²) < 4.78 is 305. The van der Waals surface area contributed by atoms with Crippen molar-refractivity contribution in [3.63, 3.8) is 0 Å². The first-order valence-corrected chi connectivity index (χ1v) is 11.9. The molecular formula is C19H11F21O2S. The number of aryl methyl sites for hydroxylation is 1. The fourth-order valence-electron chi connectivity index (χ4n) is 2.87. The molecule has 0 radical (unpaired) electrons. The predicted octanol–water partition coefficient (Wildman–Crippen LogP) is 8.44. The summed E-state index contributed by atoms with van der Waals surface area (Å²) in [5, 5.41) is 0. The van der Waals surface area contributed by atoms with E-state index in [4.69, 9.17) is 0 Å². The van der Waals surface area contributed by atoms with Crippen molar-refractivity contribution in [1.29, 1.82) is 0 Å². The summed E-state index contributed by atoms with van der Waals surface area (Å²) in [6.45, 7) is 1.32. The van der Waals surface area contributed by atoms with Crippen LogP contribution in [-0.2, 0) is 9.84 Å². The fraction of sp³-hybridized carbons (Fsp3) is 0.684. The van der Waals surface area contributed by atoms with Gasteiger partial charge in [0.2, 0.25) is 0 Å². The molecule has 0 saturated heterocycles. The van der Waals surface area contributed by atoms with E-state index in [9.17, 15) is 101 Å². The van der Waals surface area contributed by atoms with Gasteiger partial charge in [0.15, 0.2) is 9.84 Å². The normalized spacial score (nSPS) is 16.0. The molecule has 0 aliphatic carbocycles. The highest BCUT2D eigenvalue weighted by molar-refractivity contribution is 7.91. The topological polar surface area (TPSA) is 34.1 Å². The van der Waals surface area contributed by atoms with Gasteiger partial charge in [-0.1, -0.05) is 17.7 Å². The molecule has 0 amide bonds. The molecule has 0 aromatic heterocycles. The van der Waals surface area contributed by atoms with Crippen molar-refractivity contribution >= 4 is 9.84 Å². The Kier molecular flexibility index (Phi) is 9.34. The minimum Gasteiger partial charge on any atom is -0.224 e. The number of benzene rings is 1. The van der Waals surface area contributed by atoms with Crippen LogP contribution >= 0.6 is 0 Å². The number of sulfone groups is 1. The van der Waals surface area contributed by atoms with Gasteiger partial charge < -0.3 is 0 Å². The average Bonchev–Trinajstić information content (AvgIpc) is 2.81. The van der Waals surface area contributed by atoms with Crippen LogP contribution in [0, 0.1) is 6.92 Å². The quantitative estimate of drug-likeness (QED) is 0.205. The molecule has 1 aromatic rings. The Bertz CT molecular complexity index is 1260. The highest BCUT2D eigenvalue weighted by Gasteiger charge is 2.97. The number of hydrogen-bond donors (Lipinski definition) is 0. The van der Waals surface area contributed by atoms with Gasteiger partial charge in [-0.15, -0.1) is 0 Å². The second kappa shape index (κ2) is 10.4. The number of rotatable bonds is 12. The van der Waals surface area contributed by atoms with Crippen LogP contribution in [0.3, 0.4) is 0 Å². The van der Waals surface area contributed by atoms with Crippen LogP contribution < -0.4 is 0 Å². The van der Waals surface area contributed by atoms with Crippen LogP contribution in [0.1, 0.15) is 12.0 Å². The van der Waals surface area contributed by atoms with Gasteiger partial charge in [-0.2, -0.15) is 92.2 Å². The number of alkyl halides is 21. The fourth-order valence-corrected chi connectivity index (χ4v) is 4.19. The summed E-state index contributed by atoms with van der Waals surface area (Å²) in [5.41, 5.74) is 0.292. The molecule has 2 nitrogen and oxygen atoms in total. The Balaban J connectivity index is 3.63. The van der Waals surface area contributed by atoms with Crippen LogP contribution in [0.2, 0.25) is 0 Å². The smallest absolute Gasteiger partial charge is 0.224 e. The number of halogens is 21. The molecule has 0 bridgehead atoms. The molecule has 0 atom stereocenters. The molecule has 0 unspecified atom stereocenters. The van der Waals surface area contributed by atoms with Gasteiger partial charge in [0, 0.05) is 6.42 Å².